The Balaban J connectivity index is 2.70. The normalized spacial score (nSPS) is 11.6. The number of rotatable bonds is 5. The van der Waals surface area contributed by atoms with Gasteiger partial charge in [-0.2, -0.15) is 0 Å². The highest BCUT2D eigenvalue weighted by molar-refractivity contribution is 9.10. The van der Waals surface area contributed by atoms with Gasteiger partial charge in [0.1, 0.15) is 11.9 Å². The predicted octanol–water partition coefficient (Wildman–Crippen LogP) is 1.68. The van der Waals surface area contributed by atoms with E-state index in [4.69, 9.17) is 0 Å². The van der Waals surface area contributed by atoms with Crippen molar-refractivity contribution >= 4 is 33.5 Å². The molecule has 1 rings (SSSR count). The second kappa shape index (κ2) is 7.08. The minimum absolute atomic E-state index is 0.0325. The number of methoxy groups -OCH3 is 1. The Morgan fingerprint density at radius 2 is 2.16 bits per heavy atom. The smallest absolute Gasteiger partial charge is 0.330 e. The third-order valence-electron chi connectivity index (χ3n) is 2.29. The number of halogens is 2. The third-order valence-corrected chi connectivity index (χ3v) is 2.78. The molecule has 0 aliphatic carbocycles. The number of nitrogens with one attached hydrogen (secondary N) is 2. The fraction of sp³-hybridized carbons (Fsp3) is 0.333. The van der Waals surface area contributed by atoms with Crippen LogP contribution in [0.4, 0.5) is 10.1 Å². The van der Waals surface area contributed by atoms with Gasteiger partial charge < -0.3 is 15.4 Å². The topological polar surface area (TPSA) is 67.4 Å². The van der Waals surface area contributed by atoms with E-state index in [-0.39, 0.29) is 18.1 Å². The van der Waals surface area contributed by atoms with Gasteiger partial charge in [0.05, 0.1) is 12.8 Å². The maximum atomic E-state index is 13.6. The van der Waals surface area contributed by atoms with E-state index in [0.29, 0.717) is 4.47 Å². The Kier molecular flexibility index (Phi) is 5.75. The summed E-state index contributed by atoms with van der Waals surface area (Å²) in [6.45, 7) is 1.32. The van der Waals surface area contributed by atoms with Crippen LogP contribution in [0.15, 0.2) is 22.7 Å². The summed E-state index contributed by atoms with van der Waals surface area (Å²) in [5.74, 6) is -1.42. The summed E-state index contributed by atoms with van der Waals surface area (Å²) in [4.78, 5) is 22.4. The Morgan fingerprint density at radius 3 is 2.68 bits per heavy atom. The lowest BCUT2D eigenvalue weighted by Gasteiger charge is -2.17. The summed E-state index contributed by atoms with van der Waals surface area (Å²) >= 11 is 3.14. The van der Waals surface area contributed by atoms with Gasteiger partial charge in [-0.25, -0.2) is 9.18 Å². The zero-order chi connectivity index (χ0) is 14.4. The number of ether oxygens (including phenoxy) is 1. The van der Waals surface area contributed by atoms with Crippen molar-refractivity contribution in [3.8, 4) is 0 Å². The molecular weight excluding hydrogens is 319 g/mol. The second-order valence-corrected chi connectivity index (χ2v) is 4.70. The molecule has 0 aliphatic heterocycles. The fourth-order valence-electron chi connectivity index (χ4n) is 1.43. The van der Waals surface area contributed by atoms with Gasteiger partial charge in [-0.1, -0.05) is 15.9 Å². The average Bonchev–Trinajstić information content (AvgIpc) is 2.34. The molecule has 2 N–H and O–H groups in total. The summed E-state index contributed by atoms with van der Waals surface area (Å²) in [7, 11) is 1.22. The van der Waals surface area contributed by atoms with Crippen molar-refractivity contribution in [1.29, 1.82) is 0 Å². The highest BCUT2D eigenvalue weighted by Gasteiger charge is 2.20. The monoisotopic (exact) mass is 332 g/mol. The van der Waals surface area contributed by atoms with Crippen molar-refractivity contribution in [1.82, 2.24) is 5.32 Å². The zero-order valence-electron chi connectivity index (χ0n) is 10.5. The van der Waals surface area contributed by atoms with E-state index in [1.807, 2.05) is 0 Å². The molecule has 0 aliphatic rings. The average molecular weight is 333 g/mol. The van der Waals surface area contributed by atoms with Gasteiger partial charge in [-0.3, -0.25) is 4.79 Å². The van der Waals surface area contributed by atoms with Crippen LogP contribution in [0.1, 0.15) is 6.92 Å². The van der Waals surface area contributed by atoms with E-state index in [1.165, 1.54) is 26.2 Å². The lowest BCUT2D eigenvalue weighted by molar-refractivity contribution is -0.144. The molecule has 1 unspecified atom stereocenters. The molecule has 1 aromatic rings. The summed E-state index contributed by atoms with van der Waals surface area (Å²) in [6, 6.07) is 3.62. The number of amides is 1. The first-order valence-electron chi connectivity index (χ1n) is 5.48. The van der Waals surface area contributed by atoms with E-state index in [0.717, 1.165) is 0 Å². The summed E-state index contributed by atoms with van der Waals surface area (Å²) in [5, 5.41) is 5.17. The van der Waals surface area contributed by atoms with Gasteiger partial charge in [0.15, 0.2) is 0 Å². The molecule has 0 saturated heterocycles. The number of benzene rings is 1. The molecule has 19 heavy (non-hydrogen) atoms. The Bertz CT molecular complexity index is 482. The zero-order valence-corrected chi connectivity index (χ0v) is 12.1. The fourth-order valence-corrected chi connectivity index (χ4v) is 1.76. The van der Waals surface area contributed by atoms with Crippen LogP contribution in [0, 0.1) is 5.82 Å². The molecule has 0 spiro atoms. The summed E-state index contributed by atoms with van der Waals surface area (Å²) in [6.07, 6.45) is 0. The van der Waals surface area contributed by atoms with Crippen molar-refractivity contribution in [2.24, 2.45) is 0 Å². The van der Waals surface area contributed by atoms with Crippen molar-refractivity contribution in [3.63, 3.8) is 0 Å². The van der Waals surface area contributed by atoms with Crippen LogP contribution in [0.2, 0.25) is 0 Å². The number of anilines is 1. The second-order valence-electron chi connectivity index (χ2n) is 3.78. The van der Waals surface area contributed by atoms with Gasteiger partial charge in [0.25, 0.3) is 0 Å². The molecule has 0 radical (unpaired) electrons. The van der Waals surface area contributed by atoms with Gasteiger partial charge >= 0.3 is 5.97 Å². The van der Waals surface area contributed by atoms with Gasteiger partial charge in [-0.05, 0) is 18.2 Å². The standard InChI is InChI=1S/C12H14BrFN2O3/c1-7(17)16-11(12(18)19-2)6-15-10-4-3-8(13)5-9(10)14/h3-5,11,15H,6H2,1-2H3,(H,16,17). The Hall–Kier alpha value is -1.63. The van der Waals surface area contributed by atoms with Gasteiger partial charge in [0, 0.05) is 17.9 Å². The molecule has 7 heteroatoms. The first kappa shape index (κ1) is 15.4. The SMILES string of the molecule is COC(=O)C(CNc1ccc(Br)cc1F)NC(C)=O. The predicted molar refractivity (Wildman–Crippen MR) is 72.2 cm³/mol. The molecule has 1 aromatic carbocycles. The van der Waals surface area contributed by atoms with Crippen LogP contribution in [0.5, 0.6) is 0 Å². The highest BCUT2D eigenvalue weighted by atomic mass is 79.9. The quantitative estimate of drug-likeness (QED) is 0.805. The van der Waals surface area contributed by atoms with Crippen molar-refractivity contribution in [2.45, 2.75) is 13.0 Å². The molecule has 0 heterocycles. The lowest BCUT2D eigenvalue weighted by Crippen LogP contribution is -2.45. The molecule has 0 saturated carbocycles. The van der Waals surface area contributed by atoms with Crippen LogP contribution in [-0.2, 0) is 14.3 Å². The highest BCUT2D eigenvalue weighted by Crippen LogP contribution is 2.19. The number of carbonyl (C=O) groups is 2. The molecule has 0 bridgehead atoms. The molecule has 1 atom stereocenters. The molecule has 104 valence electrons. The van der Waals surface area contributed by atoms with E-state index < -0.39 is 17.8 Å². The van der Waals surface area contributed by atoms with Gasteiger partial charge in [0.2, 0.25) is 5.91 Å². The third kappa shape index (κ3) is 4.86. The van der Waals surface area contributed by atoms with Crippen LogP contribution < -0.4 is 10.6 Å². The molecular formula is C12H14BrFN2O3. The maximum Gasteiger partial charge on any atom is 0.330 e. The minimum atomic E-state index is -0.870. The number of hydrogen-bond acceptors (Lipinski definition) is 4. The van der Waals surface area contributed by atoms with Crippen LogP contribution >= 0.6 is 15.9 Å². The Labute approximate surface area is 118 Å². The van der Waals surface area contributed by atoms with E-state index in [1.54, 1.807) is 6.07 Å². The summed E-state index contributed by atoms with van der Waals surface area (Å²) < 4.78 is 18.7. The maximum absolute atomic E-state index is 13.6. The summed E-state index contributed by atoms with van der Waals surface area (Å²) in [5.41, 5.74) is 0.238. The van der Waals surface area contributed by atoms with Crippen molar-refractivity contribution < 1.29 is 18.7 Å². The molecule has 0 fully saturated rings. The molecule has 1 amide bonds. The number of esters is 1. The van der Waals surface area contributed by atoms with Crippen molar-refractivity contribution in [2.75, 3.05) is 19.0 Å². The van der Waals surface area contributed by atoms with Crippen LogP contribution in [-0.4, -0.2) is 31.6 Å². The van der Waals surface area contributed by atoms with Crippen LogP contribution in [0.3, 0.4) is 0 Å². The van der Waals surface area contributed by atoms with E-state index in [9.17, 15) is 14.0 Å². The van der Waals surface area contributed by atoms with E-state index >= 15 is 0 Å². The van der Waals surface area contributed by atoms with Crippen LogP contribution in [0.25, 0.3) is 0 Å². The van der Waals surface area contributed by atoms with E-state index in [2.05, 4.69) is 31.3 Å². The largest absolute Gasteiger partial charge is 0.467 e. The molecule has 5 nitrogen and oxygen atoms in total. The minimum Gasteiger partial charge on any atom is -0.467 e. The first-order chi connectivity index (χ1) is 8.93. The lowest BCUT2D eigenvalue weighted by atomic mass is 10.2. The first-order valence-corrected chi connectivity index (χ1v) is 6.27. The number of carbonyl (C=O) groups excluding carboxylic acids is 2. The Morgan fingerprint density at radius 1 is 1.47 bits per heavy atom. The molecule has 0 aromatic heterocycles. The van der Waals surface area contributed by atoms with Gasteiger partial charge in [-0.15, -0.1) is 0 Å². The number of hydrogen-bond donors (Lipinski definition) is 2. The van der Waals surface area contributed by atoms with Crippen molar-refractivity contribution in [3.05, 3.63) is 28.5 Å².